The van der Waals surface area contributed by atoms with E-state index in [0.717, 1.165) is 53.6 Å². The van der Waals surface area contributed by atoms with Gasteiger partial charge in [-0.05, 0) is 68.1 Å². The third kappa shape index (κ3) is 2.97. The summed E-state index contributed by atoms with van der Waals surface area (Å²) in [5, 5.41) is 2.34. The summed E-state index contributed by atoms with van der Waals surface area (Å²) in [5.41, 5.74) is 6.02. The molecular weight excluding hydrogens is 358 g/mol. The van der Waals surface area contributed by atoms with Gasteiger partial charge in [-0.3, -0.25) is 4.79 Å². The van der Waals surface area contributed by atoms with E-state index in [9.17, 15) is 4.79 Å². The average molecular weight is 383 g/mol. The fourth-order valence-electron chi connectivity index (χ4n) is 4.62. The van der Waals surface area contributed by atoms with Crippen LogP contribution < -0.4 is 0 Å². The Kier molecular flexibility index (Phi) is 4.48. The second-order valence-corrected chi connectivity index (χ2v) is 7.90. The molecule has 29 heavy (non-hydrogen) atoms. The van der Waals surface area contributed by atoms with Gasteiger partial charge in [0.1, 0.15) is 0 Å². The molecule has 0 N–H and O–H groups in total. The minimum Gasteiger partial charge on any atom is -0.374 e. The van der Waals surface area contributed by atoms with Gasteiger partial charge in [-0.25, -0.2) is 0 Å². The molecule has 5 rings (SSSR count). The van der Waals surface area contributed by atoms with Gasteiger partial charge < -0.3 is 9.30 Å². The number of para-hydroxylation sites is 1. The number of rotatable bonds is 4. The summed E-state index contributed by atoms with van der Waals surface area (Å²) < 4.78 is 8.13. The smallest absolute Gasteiger partial charge is 0.193 e. The molecule has 1 unspecified atom stereocenters. The van der Waals surface area contributed by atoms with Gasteiger partial charge in [-0.2, -0.15) is 0 Å². The largest absolute Gasteiger partial charge is 0.374 e. The van der Waals surface area contributed by atoms with Crippen LogP contribution in [0.3, 0.4) is 0 Å². The highest BCUT2D eigenvalue weighted by Crippen LogP contribution is 2.32. The summed E-state index contributed by atoms with van der Waals surface area (Å²) in [5.74, 6) is 0.0811. The van der Waals surface area contributed by atoms with Crippen molar-refractivity contribution in [2.75, 3.05) is 6.61 Å². The van der Waals surface area contributed by atoms with Crippen LogP contribution in [0.2, 0.25) is 0 Å². The molecule has 3 nitrogen and oxygen atoms in total. The summed E-state index contributed by atoms with van der Waals surface area (Å²) in [6, 6.07) is 20.7. The first-order valence-corrected chi connectivity index (χ1v) is 10.4. The van der Waals surface area contributed by atoms with E-state index < -0.39 is 0 Å². The van der Waals surface area contributed by atoms with Crippen molar-refractivity contribution in [3.05, 3.63) is 82.9 Å². The van der Waals surface area contributed by atoms with Crippen LogP contribution in [0.25, 0.3) is 21.8 Å². The summed E-state index contributed by atoms with van der Waals surface area (Å²) in [6.45, 7) is 5.87. The summed E-state index contributed by atoms with van der Waals surface area (Å²) >= 11 is 0. The van der Waals surface area contributed by atoms with E-state index >= 15 is 0 Å². The first kappa shape index (κ1) is 18.1. The topological polar surface area (TPSA) is 31.2 Å². The van der Waals surface area contributed by atoms with E-state index in [-0.39, 0.29) is 11.9 Å². The Hall–Kier alpha value is -2.91. The van der Waals surface area contributed by atoms with E-state index in [0.29, 0.717) is 0 Å². The maximum atomic E-state index is 13.4. The molecule has 146 valence electrons. The van der Waals surface area contributed by atoms with E-state index in [2.05, 4.69) is 54.0 Å². The quantitative estimate of drug-likeness (QED) is 0.393. The zero-order chi connectivity index (χ0) is 20.0. The van der Waals surface area contributed by atoms with Crippen molar-refractivity contribution in [1.82, 2.24) is 4.57 Å². The molecule has 0 radical (unpaired) electrons. The number of aromatic nitrogens is 1. The van der Waals surface area contributed by atoms with Crippen LogP contribution in [-0.4, -0.2) is 17.0 Å². The molecule has 0 aliphatic carbocycles. The lowest BCUT2D eigenvalue weighted by atomic mass is 9.94. The van der Waals surface area contributed by atoms with Crippen LogP contribution in [0.15, 0.2) is 60.7 Å². The van der Waals surface area contributed by atoms with Crippen LogP contribution in [0.5, 0.6) is 0 Å². The zero-order valence-corrected chi connectivity index (χ0v) is 16.9. The molecule has 1 aliphatic heterocycles. The van der Waals surface area contributed by atoms with Gasteiger partial charge in [0, 0.05) is 46.1 Å². The monoisotopic (exact) mass is 383 g/mol. The third-order valence-corrected chi connectivity index (χ3v) is 6.16. The van der Waals surface area contributed by atoms with Crippen LogP contribution in [0.4, 0.5) is 0 Å². The summed E-state index contributed by atoms with van der Waals surface area (Å²) in [6.07, 6.45) is 2.23. The molecule has 0 amide bonds. The van der Waals surface area contributed by atoms with Crippen LogP contribution in [-0.2, 0) is 11.3 Å². The summed E-state index contributed by atoms with van der Waals surface area (Å²) in [7, 11) is 0. The number of hydrogen-bond donors (Lipinski definition) is 0. The number of ketones is 1. The molecule has 0 spiro atoms. The first-order chi connectivity index (χ1) is 14.2. The van der Waals surface area contributed by atoms with E-state index in [1.165, 1.54) is 16.4 Å². The van der Waals surface area contributed by atoms with Crippen molar-refractivity contribution in [1.29, 1.82) is 0 Å². The Bertz CT molecular complexity index is 1230. The van der Waals surface area contributed by atoms with Gasteiger partial charge in [0.25, 0.3) is 0 Å². The first-order valence-electron chi connectivity index (χ1n) is 10.4. The van der Waals surface area contributed by atoms with Crippen molar-refractivity contribution in [3.8, 4) is 0 Å². The van der Waals surface area contributed by atoms with E-state index in [4.69, 9.17) is 4.74 Å². The number of benzene rings is 3. The van der Waals surface area contributed by atoms with Gasteiger partial charge in [-0.15, -0.1) is 0 Å². The fraction of sp³-hybridized carbons (Fsp3) is 0.269. The van der Waals surface area contributed by atoms with Crippen molar-refractivity contribution in [2.24, 2.45) is 0 Å². The molecule has 1 aromatic heterocycles. The average Bonchev–Trinajstić information content (AvgIpc) is 3.39. The molecule has 0 saturated carbocycles. The normalized spacial score (nSPS) is 16.7. The van der Waals surface area contributed by atoms with Crippen LogP contribution in [0, 0.1) is 6.92 Å². The van der Waals surface area contributed by atoms with Crippen molar-refractivity contribution in [3.63, 3.8) is 0 Å². The second-order valence-electron chi connectivity index (χ2n) is 7.90. The maximum absolute atomic E-state index is 13.4. The lowest BCUT2D eigenvalue weighted by Gasteiger charge is -2.13. The van der Waals surface area contributed by atoms with E-state index in [1.54, 1.807) is 0 Å². The van der Waals surface area contributed by atoms with E-state index in [1.807, 2.05) is 25.1 Å². The molecule has 1 saturated heterocycles. The fourth-order valence-corrected chi connectivity index (χ4v) is 4.62. The van der Waals surface area contributed by atoms with Crippen molar-refractivity contribution in [2.45, 2.75) is 39.3 Å². The minimum atomic E-state index is 0.0811. The molecule has 3 heteroatoms. The Morgan fingerprint density at radius 1 is 1.03 bits per heavy atom. The zero-order valence-electron chi connectivity index (χ0n) is 16.9. The van der Waals surface area contributed by atoms with Gasteiger partial charge >= 0.3 is 0 Å². The molecule has 1 aliphatic rings. The van der Waals surface area contributed by atoms with Crippen molar-refractivity contribution >= 4 is 27.6 Å². The SMILES string of the molecule is CCn1c2ccccc2c2cc(C(=O)c3cc(C4CCCO4)ccc3C)ccc21. The lowest BCUT2D eigenvalue weighted by Crippen LogP contribution is -2.06. The number of nitrogens with zero attached hydrogens (tertiary/aromatic N) is 1. The molecule has 1 atom stereocenters. The highest BCUT2D eigenvalue weighted by atomic mass is 16.5. The predicted molar refractivity (Wildman–Crippen MR) is 118 cm³/mol. The molecule has 1 fully saturated rings. The number of carbonyl (C=O) groups is 1. The molecule has 2 heterocycles. The second kappa shape index (κ2) is 7.16. The lowest BCUT2D eigenvalue weighted by molar-refractivity contribution is 0.103. The molecule has 0 bridgehead atoms. The van der Waals surface area contributed by atoms with Gasteiger partial charge in [0.05, 0.1) is 6.10 Å². The molecule has 4 aromatic rings. The van der Waals surface area contributed by atoms with Gasteiger partial charge in [-0.1, -0.05) is 30.3 Å². The number of ether oxygens (including phenoxy) is 1. The number of hydrogen-bond acceptors (Lipinski definition) is 2. The minimum absolute atomic E-state index is 0.0811. The third-order valence-electron chi connectivity index (χ3n) is 6.16. The number of fused-ring (bicyclic) bond motifs is 3. The standard InChI is InChI=1S/C26H25NO2/c1-3-27-23-8-5-4-7-20(23)22-16-19(12-13-24(22)27)26(28)21-15-18(11-10-17(21)2)25-9-6-14-29-25/h4-5,7-8,10-13,15-16,25H,3,6,9,14H2,1-2H3. The van der Waals surface area contributed by atoms with Crippen molar-refractivity contribution < 1.29 is 9.53 Å². The number of carbonyl (C=O) groups excluding carboxylic acids is 1. The van der Waals surface area contributed by atoms with Crippen LogP contribution >= 0.6 is 0 Å². The Morgan fingerprint density at radius 3 is 2.66 bits per heavy atom. The Labute approximate surface area is 170 Å². The summed E-state index contributed by atoms with van der Waals surface area (Å²) in [4.78, 5) is 13.4. The molecular formula is C26H25NO2. The highest BCUT2D eigenvalue weighted by molar-refractivity contribution is 6.15. The van der Waals surface area contributed by atoms with Gasteiger partial charge in [0.2, 0.25) is 0 Å². The Morgan fingerprint density at radius 2 is 1.86 bits per heavy atom. The highest BCUT2D eigenvalue weighted by Gasteiger charge is 2.21. The maximum Gasteiger partial charge on any atom is 0.193 e. The Balaban J connectivity index is 1.61. The molecule has 3 aromatic carbocycles. The van der Waals surface area contributed by atoms with Crippen LogP contribution in [0.1, 0.15) is 52.9 Å². The predicted octanol–water partition coefficient (Wildman–Crippen LogP) is 6.21. The van der Waals surface area contributed by atoms with Gasteiger partial charge in [0.15, 0.2) is 5.78 Å². The number of aryl methyl sites for hydroxylation is 2.